The largest absolute Gasteiger partial charge is 0.478 e. The quantitative estimate of drug-likeness (QED) is 0.0245. The van der Waals surface area contributed by atoms with Crippen LogP contribution in [0.25, 0.3) is 0 Å². The van der Waals surface area contributed by atoms with Crippen molar-refractivity contribution in [2.45, 2.75) is 546 Å². The van der Waals surface area contributed by atoms with Gasteiger partial charge in [0.2, 0.25) is 0 Å². The zero-order valence-electron chi connectivity index (χ0n) is 88.4. The minimum absolute atomic E-state index is 0.0111. The first-order chi connectivity index (χ1) is 65.1. The fraction of sp³-hybridized carbons (Fsp3) is 0.870. The van der Waals surface area contributed by atoms with Crippen LogP contribution in [0.15, 0.2) is 85.7 Å². The molecule has 0 saturated heterocycles. The molecule has 0 fully saturated rings. The molecular weight excluding hydrogens is 1660 g/mol. The summed E-state index contributed by atoms with van der Waals surface area (Å²) in [5, 5.41) is 55.1. The first kappa shape index (κ1) is 127. The SMILES string of the molecule is CCCCCCCC/C=C/CCCCCCCC1=NC(C)(C)CO1.CCCCCCCC/C=C/CCCCCCCC1=NC(C)(CO)CO1.CCCCCCCC/C=C/CCCCCCCC1=NC(CC)(CO)CO1.CCCCCCCC/C=C/CCCCCCCC1=NC(CO)(CO)CO1.CCCCCCCC/C=C/CCCCCCCC1=NC(COCCO)(COCCO)CO1. The number of allylic oxidation sites excluding steroid dienone is 10. The first-order valence-electron chi connectivity index (χ1n) is 56.3. The molecule has 5 heterocycles. The Balaban J connectivity index is 0.000000834. The third-order valence-corrected chi connectivity index (χ3v) is 25.9. The van der Waals surface area contributed by atoms with Gasteiger partial charge in [-0.3, -0.25) is 0 Å². The summed E-state index contributed by atoms with van der Waals surface area (Å²) in [5.74, 6) is 4.17. The van der Waals surface area contributed by atoms with E-state index in [4.69, 9.17) is 48.4 Å². The fourth-order valence-corrected chi connectivity index (χ4v) is 16.8. The van der Waals surface area contributed by atoms with Gasteiger partial charge in [0.15, 0.2) is 29.5 Å². The predicted molar refractivity (Wildman–Crippen MR) is 569 cm³/mol. The van der Waals surface area contributed by atoms with E-state index in [1.807, 2.05) is 6.92 Å². The zero-order valence-corrected chi connectivity index (χ0v) is 88.4. The Kier molecular flexibility index (Phi) is 88.4. The number of aliphatic imine (C=N–C) groups is 5. The van der Waals surface area contributed by atoms with E-state index in [0.29, 0.717) is 45.5 Å². The number of ether oxygens (including phenoxy) is 7. The molecule has 0 spiro atoms. The van der Waals surface area contributed by atoms with Crippen molar-refractivity contribution in [1.82, 2.24) is 0 Å². The number of aliphatic hydroxyl groups excluding tert-OH is 6. The molecule has 2 atom stereocenters. The maximum atomic E-state index is 9.45. The summed E-state index contributed by atoms with van der Waals surface area (Å²) in [4.78, 5) is 22.8. The van der Waals surface area contributed by atoms with Crippen LogP contribution in [0.1, 0.15) is 518 Å². The molecule has 0 aromatic carbocycles. The summed E-state index contributed by atoms with van der Waals surface area (Å²) in [6.45, 7) is 23.3. The van der Waals surface area contributed by atoms with Crippen LogP contribution in [0.5, 0.6) is 0 Å². The van der Waals surface area contributed by atoms with E-state index in [-0.39, 0.29) is 63.9 Å². The maximum absolute atomic E-state index is 9.45. The Labute approximate surface area is 819 Å². The summed E-state index contributed by atoms with van der Waals surface area (Å²) in [6.07, 6.45) is 115. The summed E-state index contributed by atoms with van der Waals surface area (Å²) in [7, 11) is 0. The molecule has 18 heteroatoms. The summed E-state index contributed by atoms with van der Waals surface area (Å²) in [6, 6.07) is 0. The summed E-state index contributed by atoms with van der Waals surface area (Å²) < 4.78 is 39.1. The molecule has 2 unspecified atom stereocenters. The lowest BCUT2D eigenvalue weighted by Crippen LogP contribution is -2.40. The summed E-state index contributed by atoms with van der Waals surface area (Å²) in [5.41, 5.74) is -2.08. The Morgan fingerprint density at radius 1 is 0.233 bits per heavy atom. The van der Waals surface area contributed by atoms with Crippen LogP contribution in [0, 0.1) is 0 Å². The highest BCUT2D eigenvalue weighted by atomic mass is 16.5. The van der Waals surface area contributed by atoms with E-state index < -0.39 is 16.6 Å². The molecule has 5 aliphatic rings. The lowest BCUT2D eigenvalue weighted by atomic mass is 10.0. The average Bonchev–Trinajstić information content (AvgIpc) is 1.60. The van der Waals surface area contributed by atoms with Gasteiger partial charge in [0.05, 0.1) is 71.6 Å². The van der Waals surface area contributed by atoms with Gasteiger partial charge in [-0.2, -0.15) is 0 Å². The van der Waals surface area contributed by atoms with Crippen LogP contribution < -0.4 is 0 Å². The molecule has 0 amide bonds. The molecule has 0 aliphatic carbocycles. The van der Waals surface area contributed by atoms with E-state index in [2.05, 4.69) is 136 Å². The molecule has 5 aliphatic heterocycles. The molecule has 6 N–H and O–H groups in total. The smallest absolute Gasteiger partial charge is 0.184 e. The molecule has 0 bridgehead atoms. The Morgan fingerprint density at radius 3 is 0.662 bits per heavy atom. The van der Waals surface area contributed by atoms with Crippen molar-refractivity contribution < 1.29 is 63.8 Å². The minimum Gasteiger partial charge on any atom is -0.478 e. The third kappa shape index (κ3) is 76.2. The summed E-state index contributed by atoms with van der Waals surface area (Å²) >= 11 is 0. The number of rotatable bonds is 88. The van der Waals surface area contributed by atoms with Gasteiger partial charge in [-0.05, 0) is 188 Å². The van der Waals surface area contributed by atoms with Gasteiger partial charge in [0.25, 0.3) is 0 Å². The lowest BCUT2D eigenvalue weighted by molar-refractivity contribution is -0.00334. The first-order valence-corrected chi connectivity index (χ1v) is 56.3. The standard InChI is InChI=1S/C26H49NO5.C23H43NO2.C22H41NO3.C22H41NO2.C22H41NO/c1-2-3-4-5-6-7-8-9-10-11-12-13-14-15-16-17-25-27-26(24-32-25,22-30-20-18-28)23-31-21-19-29;1-3-5-6-7-8-9-10-11-12-13-14-15-16-17-18-19-22-24-23(4-2,20-25)21-26-22;1-2-3-4-5-6-7-8-9-10-11-12-13-14-15-16-17-21-23-22(18-24,19-25)20-26-21;1-3-4-5-6-7-8-9-10-11-12-13-14-15-16-17-18-21-23-22(2,19-24)20-25-21;1-4-5-6-7-8-9-10-11-12-13-14-15-16-17-18-19-21-23-22(2,3)20-24-21/h9-10,28-29H,2-8,11-24H2,1H3;11-12,25H,3-10,13-21H2,1-2H3;9-10,24-25H,2-8,11-20H2,1H3;10-11,24H,3-9,12-20H2,1-2H3;11-12H,4-10,13-20H2,1-3H3/b10-9+;12-11+;10-9+;11-10+;12-11+. The van der Waals surface area contributed by atoms with Gasteiger partial charge in [-0.25, -0.2) is 25.0 Å². The van der Waals surface area contributed by atoms with Crippen LogP contribution in [0.4, 0.5) is 0 Å². The number of hydrogen-bond acceptors (Lipinski definition) is 18. The number of nitrogens with zero attached hydrogens (tertiary/aromatic N) is 5. The van der Waals surface area contributed by atoms with Gasteiger partial charge < -0.3 is 63.8 Å². The molecule has 0 radical (unpaired) electrons. The van der Waals surface area contributed by atoms with Crippen molar-refractivity contribution >= 4 is 29.5 Å². The van der Waals surface area contributed by atoms with Gasteiger partial charge in [-0.15, -0.1) is 0 Å². The van der Waals surface area contributed by atoms with Crippen LogP contribution >= 0.6 is 0 Å². The minimum atomic E-state index is -0.794. The second-order valence-electron chi connectivity index (χ2n) is 40.2. The maximum Gasteiger partial charge on any atom is 0.184 e. The van der Waals surface area contributed by atoms with E-state index >= 15 is 0 Å². The second kappa shape index (κ2) is 92.7. The van der Waals surface area contributed by atoms with E-state index in [1.165, 1.54) is 392 Å². The monoisotopic (exact) mass is 1870 g/mol. The number of unbranched alkanes of at least 4 members (excludes halogenated alkanes) is 55. The van der Waals surface area contributed by atoms with E-state index in [1.54, 1.807) is 0 Å². The lowest BCUT2D eigenvalue weighted by Gasteiger charge is -2.23. The van der Waals surface area contributed by atoms with Gasteiger partial charge in [-0.1, -0.05) is 359 Å². The van der Waals surface area contributed by atoms with E-state index in [0.717, 1.165) is 94.4 Å². The predicted octanol–water partition coefficient (Wildman–Crippen LogP) is 30.4. The van der Waals surface area contributed by atoms with Crippen LogP contribution in [-0.4, -0.2) is 187 Å². The number of hydrogen-bond donors (Lipinski definition) is 6. The molecule has 778 valence electrons. The highest BCUT2D eigenvalue weighted by Crippen LogP contribution is 2.29. The van der Waals surface area contributed by atoms with Crippen LogP contribution in [-0.2, 0) is 33.2 Å². The van der Waals surface area contributed by atoms with Crippen molar-refractivity contribution in [2.24, 2.45) is 25.0 Å². The van der Waals surface area contributed by atoms with Gasteiger partial charge in [0, 0.05) is 32.1 Å². The topological polar surface area (TPSA) is 248 Å². The van der Waals surface area contributed by atoms with Crippen molar-refractivity contribution in [3.63, 3.8) is 0 Å². The van der Waals surface area contributed by atoms with Crippen molar-refractivity contribution in [3.05, 3.63) is 60.8 Å². The zero-order chi connectivity index (χ0) is 96.8. The Bertz CT molecular complexity index is 2780. The van der Waals surface area contributed by atoms with Crippen molar-refractivity contribution in [2.75, 3.05) is 99.1 Å². The van der Waals surface area contributed by atoms with Crippen LogP contribution in [0.3, 0.4) is 0 Å². The number of aliphatic hydroxyl groups is 6. The molecule has 18 nitrogen and oxygen atoms in total. The second-order valence-corrected chi connectivity index (χ2v) is 40.2. The van der Waals surface area contributed by atoms with Gasteiger partial charge in [0.1, 0.15) is 55.2 Å². The van der Waals surface area contributed by atoms with Gasteiger partial charge >= 0.3 is 0 Å². The highest BCUT2D eigenvalue weighted by Gasteiger charge is 2.39. The third-order valence-electron chi connectivity index (χ3n) is 25.9. The Morgan fingerprint density at radius 2 is 0.444 bits per heavy atom. The van der Waals surface area contributed by atoms with Crippen molar-refractivity contribution in [3.8, 4) is 0 Å². The molecular formula is C115H215N5O13. The Hall–Kier alpha value is -4.27. The van der Waals surface area contributed by atoms with Crippen LogP contribution in [0.2, 0.25) is 0 Å². The molecule has 0 aromatic rings. The average molecular weight is 1880 g/mol. The highest BCUT2D eigenvalue weighted by molar-refractivity contribution is 5.80. The van der Waals surface area contributed by atoms with Crippen molar-refractivity contribution in [1.29, 1.82) is 0 Å². The molecule has 5 rings (SSSR count). The normalized spacial score (nSPS) is 17.5. The molecule has 0 aromatic heterocycles. The molecule has 0 saturated carbocycles. The molecule has 133 heavy (non-hydrogen) atoms. The van der Waals surface area contributed by atoms with E-state index in [9.17, 15) is 20.4 Å². The fourth-order valence-electron chi connectivity index (χ4n) is 16.8.